The molecular formula is C12H17FN2. The summed E-state index contributed by atoms with van der Waals surface area (Å²) >= 11 is 0. The smallest absolute Gasteiger partial charge is 0.148 e. The van der Waals surface area contributed by atoms with E-state index in [1.54, 1.807) is 6.07 Å². The molecule has 2 N–H and O–H groups in total. The number of para-hydroxylation sites is 1. The van der Waals surface area contributed by atoms with E-state index in [2.05, 4.69) is 24.5 Å². The standard InChI is InChI=1S/C12H17FN2/c1-3-8(2)11-7-14-12-9(13)5-4-6-10(12)15-11/h4-6,8,11,14-15H,3,7H2,1-2H3. The second-order valence-electron chi connectivity index (χ2n) is 4.18. The van der Waals surface area contributed by atoms with Crippen molar-refractivity contribution >= 4 is 11.4 Å². The molecule has 2 atom stereocenters. The van der Waals surface area contributed by atoms with Gasteiger partial charge in [-0.05, 0) is 18.1 Å². The molecule has 0 aliphatic carbocycles. The third-order valence-electron chi connectivity index (χ3n) is 3.18. The highest BCUT2D eigenvalue weighted by atomic mass is 19.1. The number of hydrogen-bond donors (Lipinski definition) is 2. The number of rotatable bonds is 2. The predicted octanol–water partition coefficient (Wildman–Crippen LogP) is 3.08. The van der Waals surface area contributed by atoms with Gasteiger partial charge in [0.2, 0.25) is 0 Å². The largest absolute Gasteiger partial charge is 0.379 e. The van der Waals surface area contributed by atoms with Crippen LogP contribution in [-0.4, -0.2) is 12.6 Å². The Morgan fingerprint density at radius 3 is 3.07 bits per heavy atom. The van der Waals surface area contributed by atoms with Gasteiger partial charge in [0.15, 0.2) is 0 Å². The molecule has 0 spiro atoms. The van der Waals surface area contributed by atoms with Crippen molar-refractivity contribution in [3.8, 4) is 0 Å². The maximum absolute atomic E-state index is 13.4. The number of fused-ring (bicyclic) bond motifs is 1. The van der Waals surface area contributed by atoms with Crippen LogP contribution in [0.2, 0.25) is 0 Å². The minimum atomic E-state index is -0.178. The zero-order valence-corrected chi connectivity index (χ0v) is 9.18. The maximum Gasteiger partial charge on any atom is 0.148 e. The Labute approximate surface area is 89.9 Å². The Kier molecular flexibility index (Phi) is 2.80. The number of hydrogen-bond acceptors (Lipinski definition) is 2. The first kappa shape index (κ1) is 10.3. The summed E-state index contributed by atoms with van der Waals surface area (Å²) in [6.07, 6.45) is 1.13. The van der Waals surface area contributed by atoms with Gasteiger partial charge in [-0.25, -0.2) is 4.39 Å². The fourth-order valence-corrected chi connectivity index (χ4v) is 1.91. The van der Waals surface area contributed by atoms with Gasteiger partial charge in [0.05, 0.1) is 11.4 Å². The first-order valence-corrected chi connectivity index (χ1v) is 5.51. The third kappa shape index (κ3) is 1.91. The molecule has 0 aromatic heterocycles. The highest BCUT2D eigenvalue weighted by Gasteiger charge is 2.22. The van der Waals surface area contributed by atoms with E-state index in [0.717, 1.165) is 18.7 Å². The van der Waals surface area contributed by atoms with Crippen LogP contribution in [0.3, 0.4) is 0 Å². The summed E-state index contributed by atoms with van der Waals surface area (Å²) in [6.45, 7) is 5.18. The number of benzene rings is 1. The lowest BCUT2D eigenvalue weighted by molar-refractivity contribution is 0.476. The quantitative estimate of drug-likeness (QED) is 0.780. The Morgan fingerprint density at radius 2 is 2.33 bits per heavy atom. The molecule has 0 saturated heterocycles. The van der Waals surface area contributed by atoms with Gasteiger partial charge < -0.3 is 10.6 Å². The van der Waals surface area contributed by atoms with E-state index in [1.807, 2.05) is 6.07 Å². The van der Waals surface area contributed by atoms with Crippen molar-refractivity contribution < 1.29 is 4.39 Å². The number of nitrogens with one attached hydrogen (secondary N) is 2. The minimum Gasteiger partial charge on any atom is -0.379 e. The van der Waals surface area contributed by atoms with E-state index < -0.39 is 0 Å². The Hall–Kier alpha value is -1.25. The van der Waals surface area contributed by atoms with Gasteiger partial charge in [-0.3, -0.25) is 0 Å². The van der Waals surface area contributed by atoms with Gasteiger partial charge in [0.1, 0.15) is 5.82 Å². The summed E-state index contributed by atoms with van der Waals surface area (Å²) < 4.78 is 13.4. The Morgan fingerprint density at radius 1 is 1.53 bits per heavy atom. The molecular weight excluding hydrogens is 191 g/mol. The number of anilines is 2. The average Bonchev–Trinajstić information content (AvgIpc) is 2.28. The van der Waals surface area contributed by atoms with Gasteiger partial charge in [-0.1, -0.05) is 26.3 Å². The van der Waals surface area contributed by atoms with Gasteiger partial charge in [-0.15, -0.1) is 0 Å². The fourth-order valence-electron chi connectivity index (χ4n) is 1.91. The van der Waals surface area contributed by atoms with E-state index in [0.29, 0.717) is 17.6 Å². The van der Waals surface area contributed by atoms with Gasteiger partial charge in [0, 0.05) is 12.6 Å². The monoisotopic (exact) mass is 208 g/mol. The Balaban J connectivity index is 2.20. The fraction of sp³-hybridized carbons (Fsp3) is 0.500. The number of halogens is 1. The molecule has 0 radical (unpaired) electrons. The van der Waals surface area contributed by atoms with Crippen LogP contribution in [0.15, 0.2) is 18.2 Å². The molecule has 0 fully saturated rings. The topological polar surface area (TPSA) is 24.1 Å². The van der Waals surface area contributed by atoms with Crippen molar-refractivity contribution in [2.24, 2.45) is 5.92 Å². The SMILES string of the molecule is CCC(C)C1CNc2c(F)cccc2N1. The van der Waals surface area contributed by atoms with Gasteiger partial charge in [-0.2, -0.15) is 0 Å². The molecule has 1 heterocycles. The summed E-state index contributed by atoms with van der Waals surface area (Å²) in [4.78, 5) is 0. The van der Waals surface area contributed by atoms with Crippen LogP contribution < -0.4 is 10.6 Å². The molecule has 0 saturated carbocycles. The summed E-state index contributed by atoms with van der Waals surface area (Å²) in [6, 6.07) is 5.53. The second-order valence-corrected chi connectivity index (χ2v) is 4.18. The van der Waals surface area contributed by atoms with Gasteiger partial charge >= 0.3 is 0 Å². The summed E-state index contributed by atoms with van der Waals surface area (Å²) in [5.74, 6) is 0.413. The molecule has 2 nitrogen and oxygen atoms in total. The van der Waals surface area contributed by atoms with Crippen molar-refractivity contribution in [3.05, 3.63) is 24.0 Å². The van der Waals surface area contributed by atoms with E-state index >= 15 is 0 Å². The van der Waals surface area contributed by atoms with E-state index in [9.17, 15) is 4.39 Å². The molecule has 1 aliphatic heterocycles. The molecule has 3 heteroatoms. The maximum atomic E-state index is 13.4. The molecule has 1 aromatic rings. The van der Waals surface area contributed by atoms with E-state index in [-0.39, 0.29) is 5.82 Å². The third-order valence-corrected chi connectivity index (χ3v) is 3.18. The molecule has 1 aromatic carbocycles. The normalized spacial score (nSPS) is 21.1. The summed E-state index contributed by atoms with van der Waals surface area (Å²) in [5, 5.41) is 6.54. The van der Waals surface area contributed by atoms with Crippen LogP contribution in [0.4, 0.5) is 15.8 Å². The predicted molar refractivity (Wildman–Crippen MR) is 61.8 cm³/mol. The minimum absolute atomic E-state index is 0.178. The van der Waals surface area contributed by atoms with Crippen LogP contribution in [0.25, 0.3) is 0 Å². The van der Waals surface area contributed by atoms with Crippen molar-refractivity contribution in [2.45, 2.75) is 26.3 Å². The molecule has 82 valence electrons. The van der Waals surface area contributed by atoms with Crippen LogP contribution >= 0.6 is 0 Å². The van der Waals surface area contributed by atoms with E-state index in [4.69, 9.17) is 0 Å². The second kappa shape index (κ2) is 4.09. The van der Waals surface area contributed by atoms with Crippen molar-refractivity contribution in [1.29, 1.82) is 0 Å². The summed E-state index contributed by atoms with van der Waals surface area (Å²) in [7, 11) is 0. The highest BCUT2D eigenvalue weighted by molar-refractivity contribution is 5.71. The Bertz CT molecular complexity index is 351. The lowest BCUT2D eigenvalue weighted by atomic mass is 9.97. The zero-order chi connectivity index (χ0) is 10.8. The lowest BCUT2D eigenvalue weighted by Crippen LogP contribution is -2.38. The molecule has 0 amide bonds. The molecule has 15 heavy (non-hydrogen) atoms. The lowest BCUT2D eigenvalue weighted by Gasteiger charge is -2.32. The van der Waals surface area contributed by atoms with Crippen molar-refractivity contribution in [3.63, 3.8) is 0 Å². The molecule has 2 unspecified atom stereocenters. The van der Waals surface area contributed by atoms with Crippen LogP contribution in [0.5, 0.6) is 0 Å². The molecule has 0 bridgehead atoms. The van der Waals surface area contributed by atoms with Gasteiger partial charge in [0.25, 0.3) is 0 Å². The van der Waals surface area contributed by atoms with Crippen molar-refractivity contribution in [1.82, 2.24) is 0 Å². The van der Waals surface area contributed by atoms with Crippen LogP contribution in [-0.2, 0) is 0 Å². The molecule has 2 rings (SSSR count). The first-order chi connectivity index (χ1) is 7.22. The first-order valence-electron chi connectivity index (χ1n) is 5.51. The van der Waals surface area contributed by atoms with Crippen molar-refractivity contribution in [2.75, 3.05) is 17.2 Å². The van der Waals surface area contributed by atoms with Crippen LogP contribution in [0.1, 0.15) is 20.3 Å². The molecule has 1 aliphatic rings. The van der Waals surface area contributed by atoms with Crippen LogP contribution in [0, 0.1) is 11.7 Å². The van der Waals surface area contributed by atoms with E-state index in [1.165, 1.54) is 6.07 Å². The highest BCUT2D eigenvalue weighted by Crippen LogP contribution is 2.30. The summed E-state index contributed by atoms with van der Waals surface area (Å²) in [5.41, 5.74) is 1.49. The average molecular weight is 208 g/mol. The zero-order valence-electron chi connectivity index (χ0n) is 9.18.